The van der Waals surface area contributed by atoms with Crippen molar-refractivity contribution in [2.75, 3.05) is 123 Å². The highest BCUT2D eigenvalue weighted by atomic mass is 16.5. The predicted octanol–water partition coefficient (Wildman–Crippen LogP) is 1.44. The molecule has 6 aromatic rings. The summed E-state index contributed by atoms with van der Waals surface area (Å²) in [5, 5.41) is 13.4. The maximum absolute atomic E-state index is 12.5. The average Bonchev–Trinajstić information content (AvgIpc) is 4.33. The maximum atomic E-state index is 12.5. The van der Waals surface area contributed by atoms with Crippen molar-refractivity contribution in [3.8, 4) is 22.8 Å². The zero-order valence-electron chi connectivity index (χ0n) is 40.8. The Labute approximate surface area is 411 Å². The number of imidazole rings is 2. The summed E-state index contributed by atoms with van der Waals surface area (Å²) in [5.74, 6) is 6.08. The molecule has 6 fully saturated rings. The number of aliphatic hydroxyl groups is 1. The lowest BCUT2D eigenvalue weighted by molar-refractivity contribution is -0.141. The Balaban J connectivity index is 0.000000155. The van der Waals surface area contributed by atoms with E-state index in [9.17, 15) is 9.90 Å². The van der Waals surface area contributed by atoms with E-state index in [1.54, 1.807) is 29.7 Å². The first-order valence-corrected chi connectivity index (χ1v) is 25.1. The molecule has 4 aliphatic heterocycles. The topological polar surface area (TPSA) is 275 Å². The van der Waals surface area contributed by atoms with Crippen LogP contribution in [0.15, 0.2) is 24.8 Å². The average molecular weight is 973 g/mol. The standard InChI is InChI=1S/C25H34N10O3.C22H30N10O/c1-15-13-33(5-6-34(15)23(37)16(2)36)25-29-19-21(32-7-9-38-10-8-32)30-20(18-11-27-24(26)28-12-18)31-22(19)35(25)14-17-3-4-17;1-14-12-31(5-4-24-14)22-27-17-19(30-6-8-33-9-7-30)28-18(16-10-25-21(23)26-11-16)29-20(17)32(22)13-15-2-3-15/h11-12,15-17,36H,3-10,13-14H2,1-2H3,(H2,26,27,28);10-11,14-15,24H,2-9,12-13H2,1H3,(H2,23,25,26)/t15-,16-;14-/m11/s1. The zero-order chi connectivity index (χ0) is 48.8. The molecule has 1 amide bonds. The zero-order valence-corrected chi connectivity index (χ0v) is 40.8. The number of amides is 1. The van der Waals surface area contributed by atoms with Crippen LogP contribution < -0.4 is 36.4 Å². The lowest BCUT2D eigenvalue weighted by atomic mass is 10.1. The maximum Gasteiger partial charge on any atom is 0.251 e. The van der Waals surface area contributed by atoms with Crippen molar-refractivity contribution >= 4 is 63.7 Å². The van der Waals surface area contributed by atoms with Gasteiger partial charge in [-0.1, -0.05) is 0 Å². The molecule has 24 heteroatoms. The van der Waals surface area contributed by atoms with Crippen LogP contribution in [0.4, 0.5) is 35.4 Å². The Morgan fingerprint density at radius 1 is 0.648 bits per heavy atom. The minimum Gasteiger partial charge on any atom is -0.384 e. The number of anilines is 6. The Bertz CT molecular complexity index is 2840. The molecule has 71 heavy (non-hydrogen) atoms. The molecule has 6 aromatic heterocycles. The van der Waals surface area contributed by atoms with Crippen LogP contribution in [0.25, 0.3) is 45.1 Å². The van der Waals surface area contributed by atoms with E-state index < -0.39 is 6.10 Å². The summed E-state index contributed by atoms with van der Waals surface area (Å²) < 4.78 is 15.7. The van der Waals surface area contributed by atoms with Gasteiger partial charge in [-0.3, -0.25) is 13.9 Å². The number of morpholine rings is 2. The SMILES string of the molecule is C[C@@H]1CN(c2nc3c(N4CCOCC4)nc(-c4cnc(N)nc4)nc3n2CC2CC2)CCN1.C[C@@H]1CN(c2nc3c(N4CCOCC4)nc(-c4cnc(N)nc4)nc3n2CC2CC2)CCN1C(=O)[C@@H](C)O. The number of nitrogens with zero attached hydrogens (tertiary/aromatic N) is 17. The summed E-state index contributed by atoms with van der Waals surface area (Å²) in [5.41, 5.74) is 16.2. The summed E-state index contributed by atoms with van der Waals surface area (Å²) >= 11 is 0. The molecular weight excluding hydrogens is 909 g/mol. The van der Waals surface area contributed by atoms with Gasteiger partial charge in [0.25, 0.3) is 5.91 Å². The van der Waals surface area contributed by atoms with Crippen molar-refractivity contribution in [2.24, 2.45) is 11.8 Å². The number of piperazine rings is 2. The molecule has 6 aliphatic rings. The fourth-order valence-electron chi connectivity index (χ4n) is 9.86. The number of hydrogen-bond donors (Lipinski definition) is 4. The molecule has 6 N–H and O–H groups in total. The van der Waals surface area contributed by atoms with E-state index in [1.165, 1.54) is 32.6 Å². The van der Waals surface area contributed by atoms with Crippen molar-refractivity contribution in [2.45, 2.75) is 77.7 Å². The van der Waals surface area contributed by atoms with Gasteiger partial charge in [0.05, 0.1) is 37.6 Å². The van der Waals surface area contributed by atoms with Crippen molar-refractivity contribution in [3.63, 3.8) is 0 Å². The fourth-order valence-corrected chi connectivity index (χ4v) is 9.86. The number of carbonyl (C=O) groups is 1. The van der Waals surface area contributed by atoms with E-state index in [0.717, 1.165) is 97.2 Å². The van der Waals surface area contributed by atoms with Gasteiger partial charge in [0, 0.05) is 115 Å². The van der Waals surface area contributed by atoms with E-state index in [1.807, 2.05) is 6.92 Å². The molecule has 0 spiro atoms. The summed E-state index contributed by atoms with van der Waals surface area (Å²) in [7, 11) is 0. The largest absolute Gasteiger partial charge is 0.384 e. The lowest BCUT2D eigenvalue weighted by Gasteiger charge is -2.40. The normalized spacial score (nSPS) is 21.4. The Morgan fingerprint density at radius 3 is 1.54 bits per heavy atom. The second-order valence-electron chi connectivity index (χ2n) is 19.7. The van der Waals surface area contributed by atoms with Crippen LogP contribution in [0.5, 0.6) is 0 Å². The van der Waals surface area contributed by atoms with Gasteiger partial charge in [-0.15, -0.1) is 0 Å². The molecule has 12 rings (SSSR count). The second kappa shape index (κ2) is 19.9. The first kappa shape index (κ1) is 46.7. The fraction of sp³-hybridized carbons (Fsp3) is 0.596. The highest BCUT2D eigenvalue weighted by Crippen LogP contribution is 2.39. The number of fused-ring (bicyclic) bond motifs is 2. The monoisotopic (exact) mass is 973 g/mol. The molecular formula is C47H64N20O4. The third kappa shape index (κ3) is 10.0. The van der Waals surface area contributed by atoms with Crippen molar-refractivity contribution < 1.29 is 19.4 Å². The summed E-state index contributed by atoms with van der Waals surface area (Å²) in [4.78, 5) is 70.2. The Hall–Kier alpha value is -6.63. The van der Waals surface area contributed by atoms with Gasteiger partial charge in [0.1, 0.15) is 6.10 Å². The lowest BCUT2D eigenvalue weighted by Crippen LogP contribution is -2.56. The number of nitrogens with two attached hydrogens (primary N) is 2. The number of hydrogen-bond acceptors (Lipinski definition) is 21. The first-order valence-electron chi connectivity index (χ1n) is 25.1. The van der Waals surface area contributed by atoms with Crippen LogP contribution in [-0.2, 0) is 27.4 Å². The smallest absolute Gasteiger partial charge is 0.251 e. The predicted molar refractivity (Wildman–Crippen MR) is 268 cm³/mol. The molecule has 10 heterocycles. The van der Waals surface area contributed by atoms with Crippen LogP contribution in [0, 0.1) is 11.8 Å². The summed E-state index contributed by atoms with van der Waals surface area (Å²) in [6.07, 6.45) is 10.6. The minimum absolute atomic E-state index is 0.0627. The number of aromatic nitrogens is 12. The van der Waals surface area contributed by atoms with E-state index >= 15 is 0 Å². The van der Waals surface area contributed by atoms with Crippen LogP contribution in [-0.4, -0.2) is 185 Å². The molecule has 2 aliphatic carbocycles. The van der Waals surface area contributed by atoms with E-state index in [-0.39, 0.29) is 23.8 Å². The van der Waals surface area contributed by atoms with Crippen molar-refractivity contribution in [1.82, 2.24) is 69.2 Å². The molecule has 0 unspecified atom stereocenters. The molecule has 2 saturated carbocycles. The van der Waals surface area contributed by atoms with Crippen molar-refractivity contribution in [1.29, 1.82) is 0 Å². The van der Waals surface area contributed by atoms with Gasteiger partial charge in [0.2, 0.25) is 23.8 Å². The number of ether oxygens (including phenoxy) is 2. The number of carbonyl (C=O) groups excluding carboxylic acids is 1. The molecule has 24 nitrogen and oxygen atoms in total. The van der Waals surface area contributed by atoms with Gasteiger partial charge in [-0.05, 0) is 58.3 Å². The van der Waals surface area contributed by atoms with Gasteiger partial charge in [-0.2, -0.15) is 0 Å². The second-order valence-corrected chi connectivity index (χ2v) is 19.7. The third-order valence-corrected chi connectivity index (χ3v) is 14.1. The number of nitrogen functional groups attached to an aromatic ring is 2. The van der Waals surface area contributed by atoms with Crippen molar-refractivity contribution in [3.05, 3.63) is 24.8 Å². The minimum atomic E-state index is -1.01. The molecule has 0 radical (unpaired) electrons. The Morgan fingerprint density at radius 2 is 1.11 bits per heavy atom. The van der Waals surface area contributed by atoms with E-state index in [2.05, 4.69) is 60.9 Å². The summed E-state index contributed by atoms with van der Waals surface area (Å²) in [6.45, 7) is 17.7. The van der Waals surface area contributed by atoms with E-state index in [4.69, 9.17) is 50.8 Å². The molecule has 376 valence electrons. The van der Waals surface area contributed by atoms with Gasteiger partial charge in [-0.25, -0.2) is 49.8 Å². The van der Waals surface area contributed by atoms with Crippen LogP contribution >= 0.6 is 0 Å². The van der Waals surface area contributed by atoms with Crippen LogP contribution in [0.1, 0.15) is 46.5 Å². The number of rotatable bonds is 11. The summed E-state index contributed by atoms with van der Waals surface area (Å²) in [6, 6.07) is 0.354. The molecule has 4 saturated heterocycles. The quantitative estimate of drug-likeness (QED) is 0.143. The highest BCUT2D eigenvalue weighted by Gasteiger charge is 2.35. The Kier molecular flexibility index (Phi) is 13.1. The highest BCUT2D eigenvalue weighted by molar-refractivity contribution is 5.89. The number of nitrogens with one attached hydrogen (secondary N) is 1. The van der Waals surface area contributed by atoms with E-state index in [0.29, 0.717) is 94.2 Å². The molecule has 0 bridgehead atoms. The van der Waals surface area contributed by atoms with Crippen LogP contribution in [0.2, 0.25) is 0 Å². The van der Waals surface area contributed by atoms with Gasteiger partial charge in [0.15, 0.2) is 45.6 Å². The number of aliphatic hydroxyl groups excluding tert-OH is 1. The molecule has 0 aromatic carbocycles. The molecule has 3 atom stereocenters. The first-order chi connectivity index (χ1) is 34.5. The van der Waals surface area contributed by atoms with Crippen LogP contribution in [0.3, 0.4) is 0 Å². The van der Waals surface area contributed by atoms with Gasteiger partial charge >= 0.3 is 0 Å². The third-order valence-electron chi connectivity index (χ3n) is 14.1. The van der Waals surface area contributed by atoms with Gasteiger partial charge < -0.3 is 55.9 Å².